The second-order valence-electron chi connectivity index (χ2n) is 6.23. The molecule has 0 saturated heterocycles. The van der Waals surface area contributed by atoms with E-state index >= 15 is 0 Å². The highest BCUT2D eigenvalue weighted by Crippen LogP contribution is 2.23. The van der Waals surface area contributed by atoms with Gasteiger partial charge in [-0.3, -0.25) is 15.6 Å². The molecule has 7 heteroatoms. The van der Waals surface area contributed by atoms with Gasteiger partial charge in [-0.2, -0.15) is 0 Å². The summed E-state index contributed by atoms with van der Waals surface area (Å²) in [7, 11) is 0. The standard InChI is InChI=1S/C19H21N5O2/c1-12-6-7-16-14(10-12)19(25)23-17-5-3-4-15(22-17)18(21)24(11-20)13(2)8-9-26-16/h3-7,10-11,13,20-21H,8-9H2,1-2H3,(H,22,23,25). The van der Waals surface area contributed by atoms with Crippen LogP contribution in [0.4, 0.5) is 5.82 Å². The summed E-state index contributed by atoms with van der Waals surface area (Å²) in [5, 5.41) is 18.8. The average molecular weight is 351 g/mol. The van der Waals surface area contributed by atoms with Crippen LogP contribution in [0.25, 0.3) is 0 Å². The quantitative estimate of drug-likeness (QED) is 0.543. The van der Waals surface area contributed by atoms with Gasteiger partial charge in [-0.05, 0) is 38.1 Å². The highest BCUT2D eigenvalue weighted by atomic mass is 16.5. The Labute approximate surface area is 152 Å². The van der Waals surface area contributed by atoms with Gasteiger partial charge in [0.2, 0.25) is 0 Å². The molecule has 2 bridgehead atoms. The van der Waals surface area contributed by atoms with E-state index < -0.39 is 0 Å². The SMILES string of the molecule is Cc1ccc2c(c1)C(=O)Nc1cccc(n1)C(=N)N(C=N)C(C)CCO2. The number of aromatic nitrogens is 1. The number of pyridine rings is 1. The molecule has 1 aromatic carbocycles. The Kier molecular flexibility index (Phi) is 4.97. The highest BCUT2D eigenvalue weighted by molar-refractivity contribution is 6.06. The molecule has 0 radical (unpaired) electrons. The van der Waals surface area contributed by atoms with Crippen molar-refractivity contribution in [1.82, 2.24) is 9.88 Å². The van der Waals surface area contributed by atoms with Crippen LogP contribution in [-0.2, 0) is 0 Å². The molecule has 1 aromatic heterocycles. The van der Waals surface area contributed by atoms with Crippen molar-refractivity contribution in [3.63, 3.8) is 0 Å². The summed E-state index contributed by atoms with van der Waals surface area (Å²) in [6, 6.07) is 10.4. The van der Waals surface area contributed by atoms with Crippen molar-refractivity contribution in [3.8, 4) is 5.75 Å². The predicted molar refractivity (Wildman–Crippen MR) is 100 cm³/mol. The summed E-state index contributed by atoms with van der Waals surface area (Å²) >= 11 is 0. The summed E-state index contributed by atoms with van der Waals surface area (Å²) in [6.07, 6.45) is 1.71. The van der Waals surface area contributed by atoms with Crippen LogP contribution < -0.4 is 10.1 Å². The number of nitrogens with one attached hydrogen (secondary N) is 3. The van der Waals surface area contributed by atoms with Gasteiger partial charge < -0.3 is 15.0 Å². The number of amides is 1. The Morgan fingerprint density at radius 1 is 1.35 bits per heavy atom. The van der Waals surface area contributed by atoms with E-state index in [0.29, 0.717) is 35.9 Å². The molecular weight excluding hydrogens is 330 g/mol. The zero-order chi connectivity index (χ0) is 18.7. The van der Waals surface area contributed by atoms with Crippen molar-refractivity contribution >= 4 is 23.9 Å². The fourth-order valence-electron chi connectivity index (χ4n) is 2.79. The lowest BCUT2D eigenvalue weighted by Crippen LogP contribution is -2.38. The van der Waals surface area contributed by atoms with Crippen molar-refractivity contribution in [3.05, 3.63) is 53.2 Å². The van der Waals surface area contributed by atoms with Crippen LogP contribution in [0.3, 0.4) is 0 Å². The van der Waals surface area contributed by atoms with Crippen LogP contribution in [0.2, 0.25) is 0 Å². The molecule has 0 fully saturated rings. The summed E-state index contributed by atoms with van der Waals surface area (Å²) in [5.74, 6) is 0.654. The molecule has 7 nitrogen and oxygen atoms in total. The van der Waals surface area contributed by atoms with E-state index in [1.807, 2.05) is 19.9 Å². The van der Waals surface area contributed by atoms with E-state index in [0.717, 1.165) is 11.9 Å². The molecule has 1 atom stereocenters. The number of ether oxygens (including phenoxy) is 1. The smallest absolute Gasteiger partial charge is 0.260 e. The lowest BCUT2D eigenvalue weighted by Gasteiger charge is -2.26. The Bertz CT molecular complexity index is 865. The van der Waals surface area contributed by atoms with Gasteiger partial charge in [0.1, 0.15) is 17.3 Å². The van der Waals surface area contributed by atoms with Crippen LogP contribution in [-0.4, -0.2) is 40.6 Å². The third kappa shape index (κ3) is 3.56. The van der Waals surface area contributed by atoms with Crippen molar-refractivity contribution < 1.29 is 9.53 Å². The number of carbonyl (C=O) groups excluding carboxylic acids is 1. The van der Waals surface area contributed by atoms with Crippen LogP contribution in [0.15, 0.2) is 36.4 Å². The number of rotatable bonds is 1. The molecule has 134 valence electrons. The average Bonchev–Trinajstić information content (AvgIpc) is 2.63. The molecule has 1 aliphatic heterocycles. The van der Waals surface area contributed by atoms with Gasteiger partial charge in [-0.15, -0.1) is 0 Å². The second kappa shape index (κ2) is 7.35. The van der Waals surface area contributed by atoms with Crippen LogP contribution in [0.5, 0.6) is 5.75 Å². The first-order valence-electron chi connectivity index (χ1n) is 8.39. The maximum Gasteiger partial charge on any atom is 0.260 e. The zero-order valence-corrected chi connectivity index (χ0v) is 14.7. The van der Waals surface area contributed by atoms with Crippen molar-refractivity contribution in [2.45, 2.75) is 26.3 Å². The van der Waals surface area contributed by atoms with Crippen LogP contribution in [0.1, 0.15) is 35.0 Å². The lowest BCUT2D eigenvalue weighted by atomic mass is 10.1. The minimum atomic E-state index is -0.309. The van der Waals surface area contributed by atoms with Crippen molar-refractivity contribution in [2.24, 2.45) is 0 Å². The maximum atomic E-state index is 12.7. The number of benzene rings is 1. The molecule has 3 rings (SSSR count). The third-order valence-corrected chi connectivity index (χ3v) is 4.28. The van der Waals surface area contributed by atoms with Gasteiger partial charge in [0.15, 0.2) is 5.84 Å². The van der Waals surface area contributed by atoms with E-state index in [9.17, 15) is 4.79 Å². The topological polar surface area (TPSA) is 102 Å². The van der Waals surface area contributed by atoms with Crippen LogP contribution >= 0.6 is 0 Å². The van der Waals surface area contributed by atoms with E-state index in [2.05, 4.69) is 10.3 Å². The molecule has 0 spiro atoms. The number of nitrogens with zero attached hydrogens (tertiary/aromatic N) is 2. The minimum Gasteiger partial charge on any atom is -0.493 e. The van der Waals surface area contributed by atoms with Crippen molar-refractivity contribution in [1.29, 1.82) is 10.8 Å². The molecular formula is C19H21N5O2. The van der Waals surface area contributed by atoms with E-state index in [1.165, 1.54) is 4.90 Å². The zero-order valence-electron chi connectivity index (χ0n) is 14.7. The molecule has 0 saturated carbocycles. The van der Waals surface area contributed by atoms with Gasteiger partial charge in [-0.1, -0.05) is 17.7 Å². The Morgan fingerprint density at radius 2 is 2.15 bits per heavy atom. The molecule has 2 heterocycles. The Balaban J connectivity index is 2.05. The van der Waals surface area contributed by atoms with E-state index in [-0.39, 0.29) is 17.8 Å². The molecule has 1 amide bonds. The van der Waals surface area contributed by atoms with Gasteiger partial charge >= 0.3 is 0 Å². The van der Waals surface area contributed by atoms with Gasteiger partial charge in [0.25, 0.3) is 5.91 Å². The number of hydrogen-bond donors (Lipinski definition) is 3. The highest BCUT2D eigenvalue weighted by Gasteiger charge is 2.21. The fourth-order valence-corrected chi connectivity index (χ4v) is 2.79. The maximum absolute atomic E-state index is 12.7. The fraction of sp³-hybridized carbons (Fsp3) is 0.263. The Morgan fingerprint density at radius 3 is 2.92 bits per heavy atom. The Hall–Kier alpha value is -3.22. The number of fused-ring (bicyclic) bond motifs is 3. The number of aryl methyl sites for hydroxylation is 1. The second-order valence-corrected chi connectivity index (χ2v) is 6.23. The number of amidine groups is 1. The van der Waals surface area contributed by atoms with Gasteiger partial charge in [0, 0.05) is 12.5 Å². The number of hydrogen-bond acceptors (Lipinski definition) is 5. The third-order valence-electron chi connectivity index (χ3n) is 4.28. The first kappa shape index (κ1) is 17.6. The summed E-state index contributed by atoms with van der Waals surface area (Å²) in [4.78, 5) is 18.6. The predicted octanol–water partition coefficient (Wildman–Crippen LogP) is 3.05. The van der Waals surface area contributed by atoms with Gasteiger partial charge in [-0.25, -0.2) is 4.98 Å². The summed E-state index contributed by atoms with van der Waals surface area (Å²) < 4.78 is 5.83. The number of anilines is 1. The summed E-state index contributed by atoms with van der Waals surface area (Å²) in [6.45, 7) is 4.21. The van der Waals surface area contributed by atoms with E-state index in [1.54, 1.807) is 30.3 Å². The molecule has 26 heavy (non-hydrogen) atoms. The molecule has 0 aliphatic carbocycles. The minimum absolute atomic E-state index is 0.108. The molecule has 2 aromatic rings. The van der Waals surface area contributed by atoms with Crippen LogP contribution in [0, 0.1) is 17.7 Å². The monoisotopic (exact) mass is 351 g/mol. The molecule has 1 unspecified atom stereocenters. The number of carbonyl (C=O) groups is 1. The summed E-state index contributed by atoms with van der Waals surface area (Å²) in [5.41, 5.74) is 1.80. The largest absolute Gasteiger partial charge is 0.493 e. The molecule has 3 N–H and O–H groups in total. The first-order valence-corrected chi connectivity index (χ1v) is 8.39. The van der Waals surface area contributed by atoms with Gasteiger partial charge in [0.05, 0.1) is 18.5 Å². The molecule has 1 aliphatic rings. The normalized spacial score (nSPS) is 17.8. The first-order chi connectivity index (χ1) is 12.5. The van der Waals surface area contributed by atoms with E-state index in [4.69, 9.17) is 15.6 Å². The van der Waals surface area contributed by atoms with Crippen molar-refractivity contribution in [2.75, 3.05) is 11.9 Å². The lowest BCUT2D eigenvalue weighted by molar-refractivity contribution is 0.102.